The molecule has 4 rings (SSSR count). The Morgan fingerprint density at radius 2 is 2.16 bits per heavy atom. The van der Waals surface area contributed by atoms with E-state index < -0.39 is 0 Å². The van der Waals surface area contributed by atoms with E-state index in [1.807, 2.05) is 18.2 Å². The van der Waals surface area contributed by atoms with Crippen molar-refractivity contribution in [2.24, 2.45) is 5.92 Å². The molecule has 3 nitrogen and oxygen atoms in total. The van der Waals surface area contributed by atoms with Gasteiger partial charge >= 0.3 is 0 Å². The van der Waals surface area contributed by atoms with Gasteiger partial charge in [0.05, 0.1) is 6.26 Å². The summed E-state index contributed by atoms with van der Waals surface area (Å²) in [5, 5.41) is 9.85. The molecule has 2 heterocycles. The quantitative estimate of drug-likeness (QED) is 0.782. The Morgan fingerprint density at radius 3 is 2.96 bits per heavy atom. The second kappa shape index (κ2) is 7.96. The van der Waals surface area contributed by atoms with Gasteiger partial charge in [-0.15, -0.1) is 17.0 Å². The average molecular weight is 406 g/mol. The molecule has 3 unspecified atom stereocenters. The molecule has 1 saturated heterocycles. The van der Waals surface area contributed by atoms with Crippen LogP contribution in [0.4, 0.5) is 0 Å². The third-order valence-corrected chi connectivity index (χ3v) is 5.85. The van der Waals surface area contributed by atoms with Gasteiger partial charge in [0.15, 0.2) is 0 Å². The summed E-state index contributed by atoms with van der Waals surface area (Å²) in [6, 6.07) is 10.7. The molecule has 1 aromatic carbocycles. The summed E-state index contributed by atoms with van der Waals surface area (Å²) in [6.45, 7) is 4.63. The highest BCUT2D eigenvalue weighted by Gasteiger charge is 2.36. The van der Waals surface area contributed by atoms with Crippen molar-refractivity contribution >= 4 is 17.0 Å². The molecule has 1 fully saturated rings. The van der Waals surface area contributed by atoms with Gasteiger partial charge in [0.25, 0.3) is 0 Å². The van der Waals surface area contributed by atoms with Crippen molar-refractivity contribution in [3.8, 4) is 5.75 Å². The number of hydrogen-bond donors (Lipinski definition) is 1. The second-order valence-corrected chi connectivity index (χ2v) is 7.61. The molecule has 0 saturated carbocycles. The third-order valence-electron chi connectivity index (χ3n) is 5.85. The molecule has 0 radical (unpaired) electrons. The zero-order chi connectivity index (χ0) is 16.5. The molecule has 0 bridgehead atoms. The second-order valence-electron chi connectivity index (χ2n) is 7.61. The maximum atomic E-state index is 9.85. The highest BCUT2D eigenvalue weighted by atomic mass is 79.9. The van der Waals surface area contributed by atoms with Crippen LogP contribution in [0, 0.1) is 5.92 Å². The van der Waals surface area contributed by atoms with Crippen molar-refractivity contribution in [1.29, 1.82) is 0 Å². The lowest BCUT2D eigenvalue weighted by atomic mass is 9.73. The van der Waals surface area contributed by atoms with Crippen LogP contribution >= 0.6 is 17.0 Å². The van der Waals surface area contributed by atoms with Gasteiger partial charge in [-0.2, -0.15) is 0 Å². The van der Waals surface area contributed by atoms with Gasteiger partial charge in [0.1, 0.15) is 11.5 Å². The first-order valence-electron chi connectivity index (χ1n) is 9.29. The number of aromatic hydroxyl groups is 1. The maximum Gasteiger partial charge on any atom is 0.115 e. The summed E-state index contributed by atoms with van der Waals surface area (Å²) in [6.07, 6.45) is 7.70. The fraction of sp³-hybridized carbons (Fsp3) is 0.524. The molecule has 0 spiro atoms. The smallest absolute Gasteiger partial charge is 0.115 e. The van der Waals surface area contributed by atoms with Gasteiger partial charge < -0.3 is 9.52 Å². The van der Waals surface area contributed by atoms with Crippen LogP contribution in [0.2, 0.25) is 0 Å². The van der Waals surface area contributed by atoms with Crippen LogP contribution in [0.5, 0.6) is 5.75 Å². The Kier molecular flexibility index (Phi) is 5.90. The van der Waals surface area contributed by atoms with Crippen molar-refractivity contribution in [1.82, 2.24) is 4.90 Å². The first kappa shape index (κ1) is 18.5. The Labute approximate surface area is 160 Å². The number of benzene rings is 1. The minimum atomic E-state index is 0. The van der Waals surface area contributed by atoms with E-state index in [-0.39, 0.29) is 17.0 Å². The predicted octanol–water partition coefficient (Wildman–Crippen LogP) is 4.94. The van der Waals surface area contributed by atoms with Crippen LogP contribution in [0.3, 0.4) is 0 Å². The zero-order valence-corrected chi connectivity index (χ0v) is 16.6. The molecular weight excluding hydrogens is 378 g/mol. The molecule has 0 amide bonds. The Bertz CT molecular complexity index is 685. The van der Waals surface area contributed by atoms with Gasteiger partial charge in [-0.3, -0.25) is 4.90 Å². The Hall–Kier alpha value is -1.26. The Morgan fingerprint density at radius 1 is 1.28 bits per heavy atom. The molecular formula is C21H28BrNO2. The standard InChI is InChI=1S/C21H27NO2.BrH/c1-15-12-16-14-17(23)6-7-19(16)20(13-15)21-5-2-9-22(21)10-8-18-4-3-11-24-18;/h3-4,6-7,11,14-15,20-21,23H,2,5,8-10,12-13H2,1H3;1H. The molecule has 1 aliphatic heterocycles. The lowest BCUT2D eigenvalue weighted by Crippen LogP contribution is -2.38. The monoisotopic (exact) mass is 405 g/mol. The number of halogens is 1. The summed E-state index contributed by atoms with van der Waals surface area (Å²) in [5.74, 6) is 2.78. The maximum absolute atomic E-state index is 9.85. The van der Waals surface area contributed by atoms with E-state index in [1.165, 1.54) is 36.9 Å². The average Bonchev–Trinajstić information content (AvgIpc) is 3.23. The fourth-order valence-electron chi connectivity index (χ4n) is 4.81. The molecule has 2 aromatic rings. The largest absolute Gasteiger partial charge is 0.508 e. The number of phenols is 1. The van der Waals surface area contributed by atoms with Crippen molar-refractivity contribution < 1.29 is 9.52 Å². The Balaban J connectivity index is 0.00000182. The van der Waals surface area contributed by atoms with E-state index in [0.717, 1.165) is 25.1 Å². The number of hydrogen-bond acceptors (Lipinski definition) is 3. The number of likely N-dealkylation sites (tertiary alicyclic amines) is 1. The fourth-order valence-corrected chi connectivity index (χ4v) is 4.81. The molecule has 4 heteroatoms. The van der Waals surface area contributed by atoms with Crippen LogP contribution in [-0.2, 0) is 12.8 Å². The van der Waals surface area contributed by atoms with Crippen LogP contribution in [0.15, 0.2) is 41.0 Å². The van der Waals surface area contributed by atoms with Gasteiger partial charge in [0, 0.05) is 19.0 Å². The molecule has 1 N–H and O–H groups in total. The van der Waals surface area contributed by atoms with Gasteiger partial charge in [-0.25, -0.2) is 0 Å². The summed E-state index contributed by atoms with van der Waals surface area (Å²) in [4.78, 5) is 2.67. The summed E-state index contributed by atoms with van der Waals surface area (Å²) >= 11 is 0. The predicted molar refractivity (Wildman–Crippen MR) is 106 cm³/mol. The first-order chi connectivity index (χ1) is 11.7. The molecule has 3 atom stereocenters. The number of phenolic OH excluding ortho intramolecular Hbond substituents is 1. The topological polar surface area (TPSA) is 36.6 Å². The first-order valence-corrected chi connectivity index (χ1v) is 9.29. The van der Waals surface area contributed by atoms with E-state index in [2.05, 4.69) is 24.0 Å². The van der Waals surface area contributed by atoms with Crippen molar-refractivity contribution in [2.45, 2.75) is 51.0 Å². The number of furan rings is 1. The lowest BCUT2D eigenvalue weighted by molar-refractivity contribution is 0.200. The molecule has 1 aromatic heterocycles. The van der Waals surface area contributed by atoms with E-state index in [1.54, 1.807) is 6.26 Å². The normalized spacial score (nSPS) is 26.2. The van der Waals surface area contributed by atoms with Crippen molar-refractivity contribution in [3.63, 3.8) is 0 Å². The van der Waals surface area contributed by atoms with Crippen LogP contribution < -0.4 is 0 Å². The molecule has 136 valence electrons. The summed E-state index contributed by atoms with van der Waals surface area (Å²) in [5.41, 5.74) is 2.83. The molecule has 1 aliphatic carbocycles. The van der Waals surface area contributed by atoms with Crippen molar-refractivity contribution in [2.75, 3.05) is 13.1 Å². The van der Waals surface area contributed by atoms with Gasteiger partial charge in [0.2, 0.25) is 0 Å². The van der Waals surface area contributed by atoms with Crippen LogP contribution in [-0.4, -0.2) is 29.1 Å². The highest BCUT2D eigenvalue weighted by molar-refractivity contribution is 8.93. The third kappa shape index (κ3) is 3.95. The van der Waals surface area contributed by atoms with E-state index in [0.29, 0.717) is 23.6 Å². The SMILES string of the molecule is Br.CC1Cc2cc(O)ccc2C(C2CCCN2CCc2ccco2)C1. The summed E-state index contributed by atoms with van der Waals surface area (Å²) in [7, 11) is 0. The highest BCUT2D eigenvalue weighted by Crippen LogP contribution is 2.42. The van der Waals surface area contributed by atoms with Crippen LogP contribution in [0.25, 0.3) is 0 Å². The van der Waals surface area contributed by atoms with Gasteiger partial charge in [-0.1, -0.05) is 13.0 Å². The van der Waals surface area contributed by atoms with Crippen molar-refractivity contribution in [3.05, 3.63) is 53.5 Å². The number of fused-ring (bicyclic) bond motifs is 1. The zero-order valence-electron chi connectivity index (χ0n) is 14.9. The lowest BCUT2D eigenvalue weighted by Gasteiger charge is -2.38. The summed E-state index contributed by atoms with van der Waals surface area (Å²) < 4.78 is 5.51. The molecule has 2 aliphatic rings. The van der Waals surface area contributed by atoms with Gasteiger partial charge in [-0.05, 0) is 79.5 Å². The van der Waals surface area contributed by atoms with E-state index in [4.69, 9.17) is 4.42 Å². The molecule has 25 heavy (non-hydrogen) atoms. The minimum absolute atomic E-state index is 0. The van der Waals surface area contributed by atoms with Crippen LogP contribution in [0.1, 0.15) is 49.0 Å². The minimum Gasteiger partial charge on any atom is -0.508 e. The van der Waals surface area contributed by atoms with E-state index >= 15 is 0 Å². The van der Waals surface area contributed by atoms with E-state index in [9.17, 15) is 5.11 Å². The number of rotatable bonds is 4. The number of nitrogens with zero attached hydrogens (tertiary/aromatic N) is 1.